The first kappa shape index (κ1) is 10.2. The Bertz CT molecular complexity index is 205. The van der Waals surface area contributed by atoms with Crippen molar-refractivity contribution in [3.8, 4) is 0 Å². The van der Waals surface area contributed by atoms with E-state index >= 15 is 0 Å². The Kier molecular flexibility index (Phi) is 5.04. The fourth-order valence-electron chi connectivity index (χ4n) is 0.509. The van der Waals surface area contributed by atoms with Gasteiger partial charge < -0.3 is 0 Å². The molecule has 1 nitrogen and oxygen atoms in total. The molecule has 1 rings (SSSR count). The van der Waals surface area contributed by atoms with Crippen molar-refractivity contribution in [1.82, 2.24) is 4.98 Å². The van der Waals surface area contributed by atoms with E-state index in [2.05, 4.69) is 20.9 Å². The Labute approximate surface area is 79.3 Å². The van der Waals surface area contributed by atoms with Crippen molar-refractivity contribution < 1.29 is 0 Å². The zero-order valence-electron chi connectivity index (χ0n) is 5.05. The molecule has 0 saturated carbocycles. The zero-order valence-corrected chi connectivity index (χ0v) is 8.21. The molecule has 0 aliphatic carbocycles. The van der Waals surface area contributed by atoms with Gasteiger partial charge in [0, 0.05) is 22.7 Å². The molecule has 10 heavy (non-hydrogen) atoms. The number of pyridine rings is 1. The van der Waals surface area contributed by atoms with Crippen LogP contribution < -0.4 is 0 Å². The second-order valence-electron chi connectivity index (χ2n) is 1.60. The van der Waals surface area contributed by atoms with Gasteiger partial charge in [0.1, 0.15) is 0 Å². The molecule has 0 amide bonds. The topological polar surface area (TPSA) is 12.9 Å². The molecule has 56 valence electrons. The van der Waals surface area contributed by atoms with Crippen molar-refractivity contribution in [3.05, 3.63) is 29.0 Å². The summed E-state index contributed by atoms with van der Waals surface area (Å²) in [6, 6.07) is 1.78. The van der Waals surface area contributed by atoms with Gasteiger partial charge in [-0.05, 0) is 11.6 Å². The lowest BCUT2D eigenvalue weighted by atomic mass is 10.3. The summed E-state index contributed by atoms with van der Waals surface area (Å²) in [7, 11) is 0. The Morgan fingerprint density at radius 3 is 2.70 bits per heavy atom. The van der Waals surface area contributed by atoms with Crippen LogP contribution in [0.1, 0.15) is 5.56 Å². The molecule has 0 unspecified atom stereocenters. The van der Waals surface area contributed by atoms with Gasteiger partial charge in [0.2, 0.25) is 0 Å². The van der Waals surface area contributed by atoms with Gasteiger partial charge in [0.05, 0.1) is 0 Å². The van der Waals surface area contributed by atoms with E-state index in [1.807, 2.05) is 0 Å². The molecule has 4 heteroatoms. The zero-order chi connectivity index (χ0) is 6.69. The maximum absolute atomic E-state index is 5.75. The van der Waals surface area contributed by atoms with Crippen molar-refractivity contribution in [1.29, 1.82) is 0 Å². The van der Waals surface area contributed by atoms with E-state index in [4.69, 9.17) is 11.6 Å². The third kappa shape index (κ3) is 2.45. The van der Waals surface area contributed by atoms with Crippen molar-refractivity contribution in [2.45, 2.75) is 5.33 Å². The van der Waals surface area contributed by atoms with E-state index in [9.17, 15) is 0 Å². The summed E-state index contributed by atoms with van der Waals surface area (Å²) >= 11 is 9.04. The number of hydrogen-bond donors (Lipinski definition) is 0. The first-order valence-corrected chi connectivity index (χ1v) is 3.99. The van der Waals surface area contributed by atoms with Gasteiger partial charge in [0.15, 0.2) is 0 Å². The van der Waals surface area contributed by atoms with Crippen LogP contribution >= 0.6 is 39.9 Å². The quantitative estimate of drug-likeness (QED) is 0.690. The molecule has 0 aliphatic heterocycles. The molecule has 1 heterocycles. The van der Waals surface area contributed by atoms with Gasteiger partial charge in [-0.2, -0.15) is 0 Å². The summed E-state index contributed by atoms with van der Waals surface area (Å²) in [5, 5.41) is 1.53. The second kappa shape index (κ2) is 4.94. The summed E-state index contributed by atoms with van der Waals surface area (Å²) in [6.45, 7) is 0. The van der Waals surface area contributed by atoms with Crippen LogP contribution in [0.4, 0.5) is 0 Å². The maximum atomic E-state index is 5.75. The molecule has 1 aromatic heterocycles. The average molecular weight is 243 g/mol. The summed E-state index contributed by atoms with van der Waals surface area (Å²) < 4.78 is 0. The smallest absolute Gasteiger partial charge is 0.0477 e. The van der Waals surface area contributed by atoms with Gasteiger partial charge >= 0.3 is 0 Å². The van der Waals surface area contributed by atoms with Crippen LogP contribution in [-0.2, 0) is 5.33 Å². The van der Waals surface area contributed by atoms with E-state index in [0.717, 1.165) is 15.9 Å². The molecular formula is C6H6BrCl2N. The van der Waals surface area contributed by atoms with Crippen LogP contribution in [0.15, 0.2) is 18.5 Å². The average Bonchev–Trinajstić information content (AvgIpc) is 1.89. The van der Waals surface area contributed by atoms with Gasteiger partial charge in [-0.1, -0.05) is 27.5 Å². The van der Waals surface area contributed by atoms with Crippen LogP contribution in [0.2, 0.25) is 5.02 Å². The highest BCUT2D eigenvalue weighted by Crippen LogP contribution is 2.15. The molecule has 0 N–H and O–H groups in total. The minimum Gasteiger partial charge on any atom is -0.264 e. The van der Waals surface area contributed by atoms with E-state index in [-0.39, 0.29) is 12.4 Å². The van der Waals surface area contributed by atoms with Crippen LogP contribution in [0.25, 0.3) is 0 Å². The highest BCUT2D eigenvalue weighted by molar-refractivity contribution is 9.08. The van der Waals surface area contributed by atoms with E-state index in [1.165, 1.54) is 0 Å². The highest BCUT2D eigenvalue weighted by Gasteiger charge is 1.94. The Morgan fingerprint density at radius 1 is 1.60 bits per heavy atom. The molecule has 0 fully saturated rings. The predicted molar refractivity (Wildman–Crippen MR) is 49.1 cm³/mol. The monoisotopic (exact) mass is 241 g/mol. The number of alkyl halides is 1. The van der Waals surface area contributed by atoms with Crippen LogP contribution in [0.3, 0.4) is 0 Å². The minimum atomic E-state index is 0. The predicted octanol–water partition coefficient (Wildman–Crippen LogP) is 3.05. The van der Waals surface area contributed by atoms with Gasteiger partial charge in [0.25, 0.3) is 0 Å². The van der Waals surface area contributed by atoms with Crippen LogP contribution in [0.5, 0.6) is 0 Å². The number of halogens is 3. The molecule has 0 saturated heterocycles. The fourth-order valence-corrected chi connectivity index (χ4v) is 1.29. The normalized spacial score (nSPS) is 8.60. The lowest BCUT2D eigenvalue weighted by Crippen LogP contribution is -1.79. The number of rotatable bonds is 1. The van der Waals surface area contributed by atoms with Gasteiger partial charge in [-0.25, -0.2) is 0 Å². The summed E-state index contributed by atoms with van der Waals surface area (Å²) in [6.07, 6.45) is 3.42. The molecule has 1 aromatic rings. The van der Waals surface area contributed by atoms with E-state index < -0.39 is 0 Å². The molecular weight excluding hydrogens is 237 g/mol. The third-order valence-corrected chi connectivity index (χ3v) is 1.96. The van der Waals surface area contributed by atoms with Crippen molar-refractivity contribution >= 4 is 39.9 Å². The number of nitrogens with zero attached hydrogens (tertiary/aromatic N) is 1. The lowest BCUT2D eigenvalue weighted by molar-refractivity contribution is 1.26. The summed E-state index contributed by atoms with van der Waals surface area (Å²) in [5.41, 5.74) is 1.03. The Morgan fingerprint density at radius 2 is 2.30 bits per heavy atom. The third-order valence-electron chi connectivity index (χ3n) is 0.988. The molecule has 0 aliphatic rings. The molecule has 0 radical (unpaired) electrons. The van der Waals surface area contributed by atoms with Crippen molar-refractivity contribution in [2.75, 3.05) is 0 Å². The van der Waals surface area contributed by atoms with Crippen LogP contribution in [0, 0.1) is 0 Å². The van der Waals surface area contributed by atoms with Crippen molar-refractivity contribution in [3.63, 3.8) is 0 Å². The molecule has 0 atom stereocenters. The second-order valence-corrected chi connectivity index (χ2v) is 2.57. The Balaban J connectivity index is 0.000000810. The summed E-state index contributed by atoms with van der Waals surface area (Å²) in [5.74, 6) is 0. The largest absolute Gasteiger partial charge is 0.264 e. The maximum Gasteiger partial charge on any atom is 0.0477 e. The van der Waals surface area contributed by atoms with Gasteiger partial charge in [-0.3, -0.25) is 4.98 Å². The van der Waals surface area contributed by atoms with Crippen molar-refractivity contribution in [2.24, 2.45) is 0 Å². The van der Waals surface area contributed by atoms with E-state index in [0.29, 0.717) is 0 Å². The highest BCUT2D eigenvalue weighted by atomic mass is 79.9. The van der Waals surface area contributed by atoms with Gasteiger partial charge in [-0.15, -0.1) is 12.4 Å². The minimum absolute atomic E-state index is 0. The fraction of sp³-hybridized carbons (Fsp3) is 0.167. The number of aromatic nitrogens is 1. The van der Waals surface area contributed by atoms with Crippen LogP contribution in [-0.4, -0.2) is 4.98 Å². The first-order chi connectivity index (χ1) is 4.34. The molecule has 0 aromatic carbocycles. The first-order valence-electron chi connectivity index (χ1n) is 2.49. The standard InChI is InChI=1S/C6H5BrClN.ClH/c7-3-5-4-9-2-1-6(5)8;/h1-2,4H,3H2;1H. The summed E-state index contributed by atoms with van der Waals surface area (Å²) in [4.78, 5) is 3.90. The molecule has 0 spiro atoms. The number of hydrogen-bond acceptors (Lipinski definition) is 1. The Hall–Kier alpha value is 0.210. The lowest BCUT2D eigenvalue weighted by Gasteiger charge is -1.94. The molecule has 0 bridgehead atoms. The SMILES string of the molecule is Cl.Clc1ccncc1CBr. The van der Waals surface area contributed by atoms with E-state index in [1.54, 1.807) is 18.5 Å².